The van der Waals surface area contributed by atoms with E-state index in [4.69, 9.17) is 9.47 Å². The Bertz CT molecular complexity index is 430. The van der Waals surface area contributed by atoms with E-state index in [0.717, 1.165) is 11.3 Å². The van der Waals surface area contributed by atoms with Crippen molar-refractivity contribution in [2.45, 2.75) is 31.3 Å². The van der Waals surface area contributed by atoms with Gasteiger partial charge in [0.25, 0.3) is 0 Å². The maximum absolute atomic E-state index is 9.76. The van der Waals surface area contributed by atoms with Gasteiger partial charge in [-0.1, -0.05) is 24.3 Å². The van der Waals surface area contributed by atoms with Crippen LogP contribution in [-0.4, -0.2) is 41.7 Å². The van der Waals surface area contributed by atoms with E-state index < -0.39 is 18.3 Å². The van der Waals surface area contributed by atoms with Crippen LogP contribution in [-0.2, 0) is 4.74 Å². The summed E-state index contributed by atoms with van der Waals surface area (Å²) in [5, 5.41) is 19.3. The highest BCUT2D eigenvalue weighted by molar-refractivity contribution is 5.52. The highest BCUT2D eigenvalue weighted by Gasteiger charge is 2.38. The molecule has 0 aromatic heterocycles. The molecule has 1 saturated heterocycles. The predicted molar refractivity (Wildman–Crippen MR) is 68.4 cm³/mol. The Morgan fingerprint density at radius 3 is 2.67 bits per heavy atom. The van der Waals surface area contributed by atoms with Crippen LogP contribution < -0.4 is 4.74 Å². The molecule has 0 radical (unpaired) electrons. The monoisotopic (exact) mass is 250 g/mol. The average Bonchev–Trinajstić information content (AvgIpc) is 2.64. The summed E-state index contributed by atoms with van der Waals surface area (Å²) >= 11 is 0. The third-order valence-electron chi connectivity index (χ3n) is 3.11. The molecular formula is C14H18O4. The van der Waals surface area contributed by atoms with Crippen molar-refractivity contribution >= 4 is 6.08 Å². The fourth-order valence-corrected chi connectivity index (χ4v) is 1.99. The first-order valence-corrected chi connectivity index (χ1v) is 5.95. The topological polar surface area (TPSA) is 58.9 Å². The van der Waals surface area contributed by atoms with Gasteiger partial charge in [0.15, 0.2) is 0 Å². The van der Waals surface area contributed by atoms with Crippen molar-refractivity contribution in [2.75, 3.05) is 7.11 Å². The SMILES string of the molecule is COc1cccc(/C=C/[C@@H]2O[C@H](C)[C@@H](O)[C@H]2O)c1. The van der Waals surface area contributed by atoms with E-state index in [1.165, 1.54) is 0 Å². The summed E-state index contributed by atoms with van der Waals surface area (Å²) in [5.41, 5.74) is 0.958. The smallest absolute Gasteiger partial charge is 0.119 e. The Hall–Kier alpha value is -1.36. The lowest BCUT2D eigenvalue weighted by Crippen LogP contribution is -2.30. The van der Waals surface area contributed by atoms with Crippen LogP contribution >= 0.6 is 0 Å². The molecule has 1 aromatic rings. The van der Waals surface area contributed by atoms with Gasteiger partial charge in [-0.25, -0.2) is 0 Å². The Kier molecular flexibility index (Phi) is 4.01. The summed E-state index contributed by atoms with van der Waals surface area (Å²) in [6, 6.07) is 7.57. The van der Waals surface area contributed by atoms with Crippen LogP contribution in [0.25, 0.3) is 6.08 Å². The van der Waals surface area contributed by atoms with Crippen LogP contribution in [0.5, 0.6) is 5.75 Å². The molecule has 2 rings (SSSR count). The third-order valence-corrected chi connectivity index (χ3v) is 3.11. The number of aliphatic hydroxyl groups excluding tert-OH is 2. The van der Waals surface area contributed by atoms with E-state index in [1.54, 1.807) is 20.1 Å². The van der Waals surface area contributed by atoms with E-state index in [9.17, 15) is 10.2 Å². The van der Waals surface area contributed by atoms with Crippen LogP contribution in [0.15, 0.2) is 30.3 Å². The van der Waals surface area contributed by atoms with Crippen LogP contribution in [0.2, 0.25) is 0 Å². The standard InChI is InChI=1S/C14H18O4/c1-9-13(15)14(16)12(18-9)7-6-10-4-3-5-11(8-10)17-2/h3-9,12-16H,1-2H3/b7-6+/t9-,12+,13-,14+/m1/s1. The molecule has 18 heavy (non-hydrogen) atoms. The van der Waals surface area contributed by atoms with Gasteiger partial charge in [-0.3, -0.25) is 0 Å². The van der Waals surface area contributed by atoms with Crippen LogP contribution in [0.3, 0.4) is 0 Å². The van der Waals surface area contributed by atoms with Crippen molar-refractivity contribution in [2.24, 2.45) is 0 Å². The predicted octanol–water partition coefficient (Wildman–Crippen LogP) is 1.22. The zero-order chi connectivity index (χ0) is 13.1. The van der Waals surface area contributed by atoms with Crippen LogP contribution in [0.1, 0.15) is 12.5 Å². The fraction of sp³-hybridized carbons (Fsp3) is 0.429. The van der Waals surface area contributed by atoms with Gasteiger partial charge in [0, 0.05) is 0 Å². The van der Waals surface area contributed by atoms with Crippen molar-refractivity contribution < 1.29 is 19.7 Å². The molecule has 4 nitrogen and oxygen atoms in total. The second kappa shape index (κ2) is 5.52. The van der Waals surface area contributed by atoms with Crippen LogP contribution in [0.4, 0.5) is 0 Å². The highest BCUT2D eigenvalue weighted by atomic mass is 16.5. The second-order valence-corrected chi connectivity index (χ2v) is 4.42. The molecule has 0 amide bonds. The number of ether oxygens (including phenoxy) is 2. The first-order chi connectivity index (χ1) is 8.61. The quantitative estimate of drug-likeness (QED) is 0.846. The molecule has 1 aliphatic heterocycles. The Morgan fingerprint density at radius 1 is 1.28 bits per heavy atom. The first kappa shape index (κ1) is 13.1. The van der Waals surface area contributed by atoms with E-state index in [2.05, 4.69) is 0 Å². The first-order valence-electron chi connectivity index (χ1n) is 5.95. The van der Waals surface area contributed by atoms with Gasteiger partial charge in [-0.2, -0.15) is 0 Å². The maximum Gasteiger partial charge on any atom is 0.119 e. The van der Waals surface area contributed by atoms with Gasteiger partial charge >= 0.3 is 0 Å². The summed E-state index contributed by atoms with van der Waals surface area (Å²) < 4.78 is 10.6. The molecule has 0 bridgehead atoms. The fourth-order valence-electron chi connectivity index (χ4n) is 1.99. The summed E-state index contributed by atoms with van der Waals surface area (Å²) in [4.78, 5) is 0. The number of hydrogen-bond acceptors (Lipinski definition) is 4. The minimum absolute atomic E-state index is 0.347. The number of methoxy groups -OCH3 is 1. The summed E-state index contributed by atoms with van der Waals surface area (Å²) in [5.74, 6) is 0.776. The summed E-state index contributed by atoms with van der Waals surface area (Å²) in [6.45, 7) is 1.74. The minimum atomic E-state index is -0.873. The number of aliphatic hydroxyl groups is 2. The molecule has 0 spiro atoms. The lowest BCUT2D eigenvalue weighted by molar-refractivity contribution is 0.0316. The lowest BCUT2D eigenvalue weighted by atomic mass is 10.1. The van der Waals surface area contributed by atoms with Crippen molar-refractivity contribution in [3.8, 4) is 5.75 Å². The molecule has 1 fully saturated rings. The largest absolute Gasteiger partial charge is 0.497 e. The molecule has 0 aliphatic carbocycles. The van der Waals surface area contributed by atoms with Gasteiger partial charge < -0.3 is 19.7 Å². The molecule has 4 atom stereocenters. The molecule has 1 heterocycles. The number of rotatable bonds is 3. The molecule has 4 heteroatoms. The third kappa shape index (κ3) is 2.72. The van der Waals surface area contributed by atoms with Gasteiger partial charge in [0.1, 0.15) is 24.1 Å². The maximum atomic E-state index is 9.76. The Balaban J connectivity index is 2.07. The van der Waals surface area contributed by atoms with Crippen molar-refractivity contribution in [3.05, 3.63) is 35.9 Å². The normalized spacial score (nSPS) is 32.0. The Labute approximate surface area is 106 Å². The Morgan fingerprint density at radius 2 is 2.06 bits per heavy atom. The summed E-state index contributed by atoms with van der Waals surface area (Å²) in [7, 11) is 1.62. The lowest BCUT2D eigenvalue weighted by Gasteiger charge is -2.10. The molecule has 1 aliphatic rings. The average molecular weight is 250 g/mol. The van der Waals surface area contributed by atoms with Crippen molar-refractivity contribution in [3.63, 3.8) is 0 Å². The molecule has 0 unspecified atom stereocenters. The second-order valence-electron chi connectivity index (χ2n) is 4.42. The van der Waals surface area contributed by atoms with E-state index in [-0.39, 0.29) is 6.10 Å². The molecule has 2 N–H and O–H groups in total. The van der Waals surface area contributed by atoms with Gasteiger partial charge in [-0.05, 0) is 24.6 Å². The number of benzene rings is 1. The van der Waals surface area contributed by atoms with Crippen molar-refractivity contribution in [1.29, 1.82) is 0 Å². The van der Waals surface area contributed by atoms with E-state index in [0.29, 0.717) is 0 Å². The van der Waals surface area contributed by atoms with Crippen molar-refractivity contribution in [1.82, 2.24) is 0 Å². The summed E-state index contributed by atoms with van der Waals surface area (Å²) in [6.07, 6.45) is 1.08. The molecular weight excluding hydrogens is 232 g/mol. The zero-order valence-corrected chi connectivity index (χ0v) is 10.5. The molecule has 0 saturated carbocycles. The van der Waals surface area contributed by atoms with E-state index in [1.807, 2.05) is 30.3 Å². The van der Waals surface area contributed by atoms with Gasteiger partial charge in [0.2, 0.25) is 0 Å². The minimum Gasteiger partial charge on any atom is -0.497 e. The molecule has 98 valence electrons. The zero-order valence-electron chi connectivity index (χ0n) is 10.5. The number of hydrogen-bond donors (Lipinski definition) is 2. The molecule has 1 aromatic carbocycles. The highest BCUT2D eigenvalue weighted by Crippen LogP contribution is 2.23. The van der Waals surface area contributed by atoms with Crippen LogP contribution in [0, 0.1) is 0 Å². The van der Waals surface area contributed by atoms with Gasteiger partial charge in [0.05, 0.1) is 13.2 Å². The van der Waals surface area contributed by atoms with Gasteiger partial charge in [-0.15, -0.1) is 0 Å². The van der Waals surface area contributed by atoms with E-state index >= 15 is 0 Å².